The van der Waals surface area contributed by atoms with Crippen LogP contribution in [0.3, 0.4) is 0 Å². The summed E-state index contributed by atoms with van der Waals surface area (Å²) in [6.45, 7) is 1.12. The van der Waals surface area contributed by atoms with Gasteiger partial charge in [0.05, 0.1) is 21.8 Å². The van der Waals surface area contributed by atoms with Gasteiger partial charge in [0, 0.05) is 13.2 Å². The summed E-state index contributed by atoms with van der Waals surface area (Å²) in [5.74, 6) is -1.18. The van der Waals surface area contributed by atoms with E-state index in [4.69, 9.17) is 39.5 Å². The third-order valence-electron chi connectivity index (χ3n) is 3.73. The zero-order valence-corrected chi connectivity index (χ0v) is 14.2. The predicted octanol–water partition coefficient (Wildman–Crippen LogP) is 3.09. The van der Waals surface area contributed by atoms with E-state index >= 15 is 0 Å². The van der Waals surface area contributed by atoms with Crippen LogP contribution in [0.2, 0.25) is 10.0 Å². The van der Waals surface area contributed by atoms with Crippen LogP contribution in [-0.2, 0) is 14.3 Å². The van der Waals surface area contributed by atoms with Gasteiger partial charge < -0.3 is 10.1 Å². The normalized spacial score (nSPS) is 21.5. The molecule has 0 spiro atoms. The lowest BCUT2D eigenvalue weighted by atomic mass is 10.2. The first-order valence-electron chi connectivity index (χ1n) is 7.08. The average Bonchev–Trinajstić information content (AvgIpc) is 3.11. The molecule has 0 unspecified atom stereocenters. The molecule has 2 aliphatic heterocycles. The van der Waals surface area contributed by atoms with Gasteiger partial charge in [0.1, 0.15) is 10.7 Å². The fourth-order valence-corrected chi connectivity index (χ4v) is 3.17. The van der Waals surface area contributed by atoms with Gasteiger partial charge in [-0.05, 0) is 25.0 Å². The van der Waals surface area contributed by atoms with Gasteiger partial charge in [0.25, 0.3) is 11.8 Å². The zero-order chi connectivity index (χ0) is 16.6. The number of nitrogens with one attached hydrogen (secondary N) is 1. The van der Waals surface area contributed by atoms with Gasteiger partial charge >= 0.3 is 0 Å². The van der Waals surface area contributed by atoms with Crippen molar-refractivity contribution in [1.29, 1.82) is 0 Å². The lowest BCUT2D eigenvalue weighted by molar-refractivity contribution is -0.120. The van der Waals surface area contributed by atoms with Gasteiger partial charge in [0.15, 0.2) is 0 Å². The highest BCUT2D eigenvalue weighted by atomic mass is 35.5. The lowest BCUT2D eigenvalue weighted by Gasteiger charge is -2.17. The Morgan fingerprint density at radius 3 is 2.70 bits per heavy atom. The maximum absolute atomic E-state index is 12.6. The number of benzene rings is 1. The van der Waals surface area contributed by atoms with E-state index in [0.717, 1.165) is 17.7 Å². The Morgan fingerprint density at radius 1 is 1.22 bits per heavy atom. The summed E-state index contributed by atoms with van der Waals surface area (Å²) < 4.78 is 5.48. The smallest absolute Gasteiger partial charge is 0.283 e. The summed E-state index contributed by atoms with van der Waals surface area (Å²) in [6.07, 6.45) is 1.90. The highest BCUT2D eigenvalue weighted by molar-refractivity contribution is 6.54. The summed E-state index contributed by atoms with van der Waals surface area (Å²) in [5.41, 5.74) is 0.268. The Hall–Kier alpha value is -1.27. The number of halogens is 3. The number of anilines is 1. The van der Waals surface area contributed by atoms with E-state index in [1.165, 1.54) is 6.07 Å². The number of hydrogen-bond acceptors (Lipinski definition) is 4. The number of carbonyl (C=O) groups is 2. The molecule has 1 atom stereocenters. The van der Waals surface area contributed by atoms with E-state index in [1.54, 1.807) is 12.1 Å². The van der Waals surface area contributed by atoms with Gasteiger partial charge in [-0.15, -0.1) is 0 Å². The Bertz CT molecular complexity index is 699. The van der Waals surface area contributed by atoms with Crippen molar-refractivity contribution in [3.8, 4) is 0 Å². The maximum Gasteiger partial charge on any atom is 0.283 e. The molecule has 0 aliphatic carbocycles. The molecular formula is C15H13Cl3N2O3. The number of imide groups is 1. The molecule has 2 amide bonds. The number of carbonyl (C=O) groups excluding carboxylic acids is 2. The fraction of sp³-hybridized carbons (Fsp3) is 0.333. The van der Waals surface area contributed by atoms with E-state index in [0.29, 0.717) is 13.2 Å². The van der Waals surface area contributed by atoms with Crippen molar-refractivity contribution in [2.24, 2.45) is 0 Å². The van der Waals surface area contributed by atoms with Gasteiger partial charge in [-0.1, -0.05) is 40.9 Å². The molecule has 122 valence electrons. The molecule has 0 saturated carbocycles. The lowest BCUT2D eigenvalue weighted by Crippen LogP contribution is -2.35. The number of ether oxygens (including phenoxy) is 1. The second kappa shape index (κ2) is 6.69. The average molecular weight is 376 g/mol. The van der Waals surface area contributed by atoms with Gasteiger partial charge in [-0.2, -0.15) is 0 Å². The highest BCUT2D eigenvalue weighted by Crippen LogP contribution is 2.36. The van der Waals surface area contributed by atoms with Gasteiger partial charge in [-0.3, -0.25) is 9.59 Å². The minimum absolute atomic E-state index is 0.0127. The number of nitrogens with zero attached hydrogens (tertiary/aromatic N) is 1. The Balaban J connectivity index is 1.82. The van der Waals surface area contributed by atoms with Crippen molar-refractivity contribution in [1.82, 2.24) is 5.32 Å². The molecule has 1 aromatic rings. The predicted molar refractivity (Wildman–Crippen MR) is 88.8 cm³/mol. The molecule has 5 nitrogen and oxygen atoms in total. The molecule has 3 rings (SSSR count). The summed E-state index contributed by atoms with van der Waals surface area (Å²) in [7, 11) is 0. The third kappa shape index (κ3) is 3.06. The number of rotatable bonds is 4. The summed E-state index contributed by atoms with van der Waals surface area (Å²) in [6, 6.07) is 4.72. The Morgan fingerprint density at radius 2 is 2.00 bits per heavy atom. The summed E-state index contributed by atoms with van der Waals surface area (Å²) in [4.78, 5) is 25.8. The quantitative estimate of drug-likeness (QED) is 0.822. The topological polar surface area (TPSA) is 58.6 Å². The molecule has 2 aliphatic rings. The number of hydrogen-bond donors (Lipinski definition) is 1. The second-order valence-electron chi connectivity index (χ2n) is 5.22. The zero-order valence-electron chi connectivity index (χ0n) is 11.9. The van der Waals surface area contributed by atoms with E-state index in [2.05, 4.69) is 5.32 Å². The van der Waals surface area contributed by atoms with Crippen molar-refractivity contribution in [2.45, 2.75) is 18.9 Å². The minimum Gasteiger partial charge on any atom is -0.377 e. The SMILES string of the molecule is O=C1C(Cl)=C(NC[C@@H]2CCCO2)C(=O)N1c1cccc(Cl)c1Cl. The van der Waals surface area contributed by atoms with Crippen LogP contribution in [0.4, 0.5) is 5.69 Å². The Kier molecular flexibility index (Phi) is 4.82. The Labute approximate surface area is 148 Å². The van der Waals surface area contributed by atoms with Crippen molar-refractivity contribution in [3.63, 3.8) is 0 Å². The molecule has 23 heavy (non-hydrogen) atoms. The molecule has 0 bridgehead atoms. The van der Waals surface area contributed by atoms with Crippen LogP contribution in [0.25, 0.3) is 0 Å². The first kappa shape index (κ1) is 16.6. The monoisotopic (exact) mass is 374 g/mol. The molecule has 0 radical (unpaired) electrons. The van der Waals surface area contributed by atoms with E-state index in [9.17, 15) is 9.59 Å². The molecule has 1 saturated heterocycles. The molecule has 1 N–H and O–H groups in total. The largest absolute Gasteiger partial charge is 0.377 e. The van der Waals surface area contributed by atoms with Crippen LogP contribution in [-0.4, -0.2) is 31.1 Å². The van der Waals surface area contributed by atoms with Gasteiger partial charge in [-0.25, -0.2) is 4.90 Å². The molecule has 8 heteroatoms. The number of amides is 2. The summed E-state index contributed by atoms with van der Waals surface area (Å²) >= 11 is 18.1. The molecule has 1 aromatic carbocycles. The fourth-order valence-electron chi connectivity index (χ4n) is 2.56. The van der Waals surface area contributed by atoms with Crippen molar-refractivity contribution >= 4 is 52.3 Å². The van der Waals surface area contributed by atoms with E-state index < -0.39 is 11.8 Å². The van der Waals surface area contributed by atoms with E-state index in [-0.39, 0.29) is 32.6 Å². The third-order valence-corrected chi connectivity index (χ3v) is 4.89. The molecule has 2 heterocycles. The van der Waals surface area contributed by atoms with Crippen LogP contribution < -0.4 is 10.2 Å². The first-order valence-corrected chi connectivity index (χ1v) is 8.22. The molecular weight excluding hydrogens is 363 g/mol. The van der Waals surface area contributed by atoms with Crippen LogP contribution >= 0.6 is 34.8 Å². The summed E-state index contributed by atoms with van der Waals surface area (Å²) in [5, 5.41) is 3.14. The molecule has 0 aromatic heterocycles. The van der Waals surface area contributed by atoms with Crippen LogP contribution in [0.5, 0.6) is 0 Å². The van der Waals surface area contributed by atoms with Crippen molar-refractivity contribution in [2.75, 3.05) is 18.1 Å². The maximum atomic E-state index is 12.6. The van der Waals surface area contributed by atoms with Crippen LogP contribution in [0.15, 0.2) is 28.9 Å². The molecule has 1 fully saturated rings. The highest BCUT2D eigenvalue weighted by Gasteiger charge is 2.40. The van der Waals surface area contributed by atoms with Crippen molar-refractivity contribution < 1.29 is 14.3 Å². The second-order valence-corrected chi connectivity index (χ2v) is 6.39. The van der Waals surface area contributed by atoms with Crippen LogP contribution in [0, 0.1) is 0 Å². The minimum atomic E-state index is -0.629. The van der Waals surface area contributed by atoms with E-state index in [1.807, 2.05) is 0 Å². The van der Waals surface area contributed by atoms with Crippen molar-refractivity contribution in [3.05, 3.63) is 39.0 Å². The first-order chi connectivity index (χ1) is 11.0. The van der Waals surface area contributed by atoms with Gasteiger partial charge in [0.2, 0.25) is 0 Å². The van der Waals surface area contributed by atoms with Crippen LogP contribution in [0.1, 0.15) is 12.8 Å². The standard InChI is InChI=1S/C15H13Cl3N2O3/c16-9-4-1-5-10(11(9)17)20-14(21)12(18)13(15(20)22)19-7-8-3-2-6-23-8/h1,4-5,8,19H,2-3,6-7H2/t8-/m0/s1.